The molecule has 0 aromatic rings. The van der Waals surface area contributed by atoms with Gasteiger partial charge in [0, 0.05) is 19.1 Å². The molecule has 5 nitrogen and oxygen atoms in total. The van der Waals surface area contributed by atoms with Crippen LogP contribution in [0.4, 0.5) is 0 Å². The average Bonchev–Trinajstić information content (AvgIpc) is 2.95. The molecule has 0 unspecified atom stereocenters. The van der Waals surface area contributed by atoms with Crippen molar-refractivity contribution in [2.45, 2.75) is 52.2 Å². The summed E-state index contributed by atoms with van der Waals surface area (Å²) in [4.78, 5) is 11.9. The zero-order chi connectivity index (χ0) is 20.7. The molecule has 28 heavy (non-hydrogen) atoms. The largest absolute Gasteiger partial charge is 0.454 e. The zero-order valence-electron chi connectivity index (χ0n) is 17.7. The van der Waals surface area contributed by atoms with E-state index in [1.807, 2.05) is 12.2 Å². The van der Waals surface area contributed by atoms with Crippen molar-refractivity contribution in [1.29, 1.82) is 0 Å². The Morgan fingerprint density at radius 2 is 2.11 bits per heavy atom. The van der Waals surface area contributed by atoms with Crippen LogP contribution < -0.4 is 0 Å². The van der Waals surface area contributed by atoms with Crippen molar-refractivity contribution >= 4 is 5.97 Å². The third-order valence-corrected chi connectivity index (χ3v) is 5.81. The van der Waals surface area contributed by atoms with E-state index in [1.54, 1.807) is 13.2 Å². The van der Waals surface area contributed by atoms with Gasteiger partial charge in [-0.2, -0.15) is 0 Å². The van der Waals surface area contributed by atoms with Gasteiger partial charge in [-0.25, -0.2) is 4.79 Å². The molecule has 0 spiro atoms. The summed E-state index contributed by atoms with van der Waals surface area (Å²) in [7, 11) is 1.64. The van der Waals surface area contributed by atoms with Gasteiger partial charge >= 0.3 is 5.97 Å². The maximum Gasteiger partial charge on any atom is 0.334 e. The molecule has 0 saturated carbocycles. The predicted molar refractivity (Wildman–Crippen MR) is 110 cm³/mol. The standard InChI is InChI=1S/C23H34O5/c1-7-8-9-19(27-15-26-13-12-25-6)18-11-10-16(2)21(23(18,4)5)20-14-17(3)22(24)28-20/h7-9,18-20H,1,3,10-15H2,2,4-6H3/b9-8+/t18-,19-,20-/m0/s1. The molecule has 2 aliphatic rings. The third kappa shape index (κ3) is 5.22. The number of hydrogen-bond acceptors (Lipinski definition) is 5. The van der Waals surface area contributed by atoms with Gasteiger partial charge < -0.3 is 18.9 Å². The van der Waals surface area contributed by atoms with Crippen molar-refractivity contribution in [3.63, 3.8) is 0 Å². The molecule has 3 atom stereocenters. The normalized spacial score (nSPS) is 26.0. The Morgan fingerprint density at radius 1 is 1.36 bits per heavy atom. The Bertz CT molecular complexity index is 627. The Labute approximate surface area is 169 Å². The fraction of sp³-hybridized carbons (Fsp3) is 0.609. The lowest BCUT2D eigenvalue weighted by Crippen LogP contribution is -2.42. The minimum atomic E-state index is -0.283. The van der Waals surface area contributed by atoms with E-state index in [0.29, 0.717) is 25.2 Å². The monoisotopic (exact) mass is 390 g/mol. The van der Waals surface area contributed by atoms with Crippen LogP contribution >= 0.6 is 0 Å². The molecule has 0 amide bonds. The third-order valence-electron chi connectivity index (χ3n) is 5.81. The fourth-order valence-electron chi connectivity index (χ4n) is 4.43. The van der Waals surface area contributed by atoms with E-state index in [4.69, 9.17) is 18.9 Å². The number of rotatable bonds is 10. The molecule has 0 bridgehead atoms. The molecule has 5 heteroatoms. The van der Waals surface area contributed by atoms with E-state index >= 15 is 0 Å². The smallest absolute Gasteiger partial charge is 0.334 e. The Hall–Kier alpha value is -1.69. The number of cyclic esters (lactones) is 1. The summed E-state index contributed by atoms with van der Waals surface area (Å²) in [6, 6.07) is 0. The second kappa shape index (κ2) is 10.2. The van der Waals surface area contributed by atoms with Crippen LogP contribution in [0.1, 0.15) is 40.0 Å². The van der Waals surface area contributed by atoms with E-state index in [0.717, 1.165) is 12.8 Å². The summed E-state index contributed by atoms with van der Waals surface area (Å²) in [5.74, 6) is -0.0601. The Morgan fingerprint density at radius 3 is 2.71 bits per heavy atom. The number of ether oxygens (including phenoxy) is 4. The number of carbonyl (C=O) groups is 1. The maximum absolute atomic E-state index is 11.9. The van der Waals surface area contributed by atoms with Crippen molar-refractivity contribution in [1.82, 2.24) is 0 Å². The molecule has 1 heterocycles. The highest BCUT2D eigenvalue weighted by Crippen LogP contribution is 2.50. The van der Waals surface area contributed by atoms with E-state index in [-0.39, 0.29) is 36.3 Å². The molecule has 0 aromatic heterocycles. The first kappa shape index (κ1) is 22.6. The van der Waals surface area contributed by atoms with Crippen LogP contribution in [0, 0.1) is 11.3 Å². The molecule has 2 rings (SSSR count). The molecule has 156 valence electrons. The lowest BCUT2D eigenvalue weighted by atomic mass is 9.62. The van der Waals surface area contributed by atoms with Crippen molar-refractivity contribution in [3.8, 4) is 0 Å². The number of methoxy groups -OCH3 is 1. The van der Waals surface area contributed by atoms with Crippen molar-refractivity contribution in [2.75, 3.05) is 27.1 Å². The van der Waals surface area contributed by atoms with Crippen LogP contribution in [0.3, 0.4) is 0 Å². The van der Waals surface area contributed by atoms with Crippen LogP contribution in [-0.2, 0) is 23.7 Å². The van der Waals surface area contributed by atoms with Gasteiger partial charge in [-0.05, 0) is 36.7 Å². The van der Waals surface area contributed by atoms with E-state index in [9.17, 15) is 4.79 Å². The minimum Gasteiger partial charge on any atom is -0.454 e. The minimum absolute atomic E-state index is 0.126. The lowest BCUT2D eigenvalue weighted by molar-refractivity contribution is -0.138. The predicted octanol–water partition coefficient (Wildman–Crippen LogP) is 4.36. The molecule has 1 aliphatic heterocycles. The summed E-state index contributed by atoms with van der Waals surface area (Å²) in [6.45, 7) is 15.4. The Kier molecular flexibility index (Phi) is 8.23. The molecule has 1 saturated heterocycles. The molecule has 1 aliphatic carbocycles. The molecule has 1 fully saturated rings. The van der Waals surface area contributed by atoms with E-state index in [2.05, 4.69) is 33.9 Å². The van der Waals surface area contributed by atoms with Gasteiger partial charge in [0.2, 0.25) is 0 Å². The van der Waals surface area contributed by atoms with Crippen molar-refractivity contribution < 1.29 is 23.7 Å². The highest BCUT2D eigenvalue weighted by molar-refractivity contribution is 5.90. The summed E-state index contributed by atoms with van der Waals surface area (Å²) >= 11 is 0. The lowest BCUT2D eigenvalue weighted by Gasteiger charge is -2.46. The highest BCUT2D eigenvalue weighted by atomic mass is 16.7. The van der Waals surface area contributed by atoms with Gasteiger partial charge in [-0.15, -0.1) is 0 Å². The first-order chi connectivity index (χ1) is 13.3. The van der Waals surface area contributed by atoms with E-state index < -0.39 is 0 Å². The highest BCUT2D eigenvalue weighted by Gasteiger charge is 2.46. The topological polar surface area (TPSA) is 54.0 Å². The molecule has 0 N–H and O–H groups in total. The Balaban J connectivity index is 2.19. The average molecular weight is 391 g/mol. The molecule has 0 radical (unpaired) electrons. The first-order valence-electron chi connectivity index (χ1n) is 9.89. The van der Waals surface area contributed by atoms with Gasteiger partial charge in [-0.3, -0.25) is 0 Å². The van der Waals surface area contributed by atoms with Crippen LogP contribution in [0.15, 0.2) is 48.1 Å². The molecular weight excluding hydrogens is 356 g/mol. The van der Waals surface area contributed by atoms with Crippen LogP contribution in [0.5, 0.6) is 0 Å². The van der Waals surface area contributed by atoms with Gasteiger partial charge in [0.25, 0.3) is 0 Å². The zero-order valence-corrected chi connectivity index (χ0v) is 17.7. The number of hydrogen-bond donors (Lipinski definition) is 0. The second-order valence-corrected chi connectivity index (χ2v) is 8.03. The number of allylic oxidation sites excluding steroid dienone is 3. The summed E-state index contributed by atoms with van der Waals surface area (Å²) in [5, 5.41) is 0. The van der Waals surface area contributed by atoms with Crippen LogP contribution in [-0.4, -0.2) is 45.3 Å². The number of esters is 1. The molecule has 0 aromatic carbocycles. The van der Waals surface area contributed by atoms with Crippen LogP contribution in [0.2, 0.25) is 0 Å². The van der Waals surface area contributed by atoms with Crippen molar-refractivity contribution in [3.05, 3.63) is 48.1 Å². The summed E-state index contributed by atoms with van der Waals surface area (Å²) < 4.78 is 22.3. The maximum atomic E-state index is 11.9. The van der Waals surface area contributed by atoms with Crippen molar-refractivity contribution in [2.24, 2.45) is 11.3 Å². The van der Waals surface area contributed by atoms with Gasteiger partial charge in [0.05, 0.1) is 19.3 Å². The van der Waals surface area contributed by atoms with Gasteiger partial charge in [0.15, 0.2) is 0 Å². The first-order valence-corrected chi connectivity index (χ1v) is 9.89. The second-order valence-electron chi connectivity index (χ2n) is 8.03. The van der Waals surface area contributed by atoms with Crippen LogP contribution in [0.25, 0.3) is 0 Å². The summed E-state index contributed by atoms with van der Waals surface area (Å²) in [5.41, 5.74) is 2.86. The number of carbonyl (C=O) groups excluding carboxylic acids is 1. The van der Waals surface area contributed by atoms with E-state index in [1.165, 1.54) is 11.1 Å². The quantitative estimate of drug-likeness (QED) is 0.139. The fourth-order valence-corrected chi connectivity index (χ4v) is 4.43. The summed E-state index contributed by atoms with van der Waals surface area (Å²) in [6.07, 6.45) is 7.87. The van der Waals surface area contributed by atoms with Gasteiger partial charge in [-0.1, -0.05) is 50.8 Å². The SMILES string of the molecule is C=C/C=C/[C@H](OCOCCOC)[C@@H]1CCC(C)=C([C@@H]2CC(=C)C(=O)O2)C1(C)C. The van der Waals surface area contributed by atoms with Gasteiger partial charge in [0.1, 0.15) is 12.9 Å². The molecular formula is C23H34O5.